The molecular weight excluding hydrogens is 414 g/mol. The van der Waals surface area contributed by atoms with Gasteiger partial charge in [0.2, 0.25) is 10.0 Å². The number of ether oxygens (including phenoxy) is 1. The van der Waals surface area contributed by atoms with Crippen molar-refractivity contribution in [3.05, 3.63) is 74.6 Å². The largest absolute Gasteiger partial charge is 0.465 e. The standard InChI is InChI=1S/C20H21NO4S3/c1-15(13-17-9-6-11-26-17)21(14-16-7-4-3-5-8-16)28(23,24)18-10-12-27-19(18)20(22)25-2/h3-12,15H,13-14H2,1-2H3/t15-/m1/s1. The molecule has 2 heterocycles. The maximum atomic E-state index is 13.5. The summed E-state index contributed by atoms with van der Waals surface area (Å²) in [5.41, 5.74) is 0.888. The first-order chi connectivity index (χ1) is 13.4. The quantitative estimate of drug-likeness (QED) is 0.492. The fourth-order valence-electron chi connectivity index (χ4n) is 2.93. The molecule has 0 aliphatic rings. The minimum absolute atomic E-state index is 0.00156. The highest BCUT2D eigenvalue weighted by molar-refractivity contribution is 7.89. The van der Waals surface area contributed by atoms with Crippen LogP contribution in [0.3, 0.4) is 0 Å². The molecule has 0 saturated carbocycles. The maximum absolute atomic E-state index is 13.5. The summed E-state index contributed by atoms with van der Waals surface area (Å²) in [6, 6.07) is 14.6. The second kappa shape index (κ2) is 9.00. The van der Waals surface area contributed by atoms with E-state index in [0.717, 1.165) is 21.8 Å². The van der Waals surface area contributed by atoms with Crippen molar-refractivity contribution < 1.29 is 17.9 Å². The van der Waals surface area contributed by atoms with Crippen LogP contribution >= 0.6 is 22.7 Å². The van der Waals surface area contributed by atoms with Gasteiger partial charge in [-0.05, 0) is 41.8 Å². The summed E-state index contributed by atoms with van der Waals surface area (Å²) >= 11 is 2.67. The minimum Gasteiger partial charge on any atom is -0.465 e. The van der Waals surface area contributed by atoms with Crippen molar-refractivity contribution in [1.82, 2.24) is 4.31 Å². The van der Waals surface area contributed by atoms with Crippen molar-refractivity contribution in [2.45, 2.75) is 30.8 Å². The number of esters is 1. The first-order valence-corrected chi connectivity index (χ1v) is 11.9. The van der Waals surface area contributed by atoms with Crippen LogP contribution in [0.2, 0.25) is 0 Å². The van der Waals surface area contributed by atoms with Gasteiger partial charge in [0, 0.05) is 17.5 Å². The average Bonchev–Trinajstić information content (AvgIpc) is 3.38. The smallest absolute Gasteiger partial charge is 0.349 e. The van der Waals surface area contributed by atoms with Gasteiger partial charge in [0.05, 0.1) is 7.11 Å². The lowest BCUT2D eigenvalue weighted by Crippen LogP contribution is -2.39. The predicted molar refractivity (Wildman–Crippen MR) is 112 cm³/mol. The van der Waals surface area contributed by atoms with E-state index in [1.807, 2.05) is 54.8 Å². The molecule has 0 spiro atoms. The van der Waals surface area contributed by atoms with Gasteiger partial charge in [0.25, 0.3) is 0 Å². The van der Waals surface area contributed by atoms with Crippen molar-refractivity contribution in [3.63, 3.8) is 0 Å². The Balaban J connectivity index is 1.99. The van der Waals surface area contributed by atoms with Gasteiger partial charge in [-0.2, -0.15) is 4.31 Å². The van der Waals surface area contributed by atoms with Crippen LogP contribution in [0.15, 0.2) is 64.2 Å². The zero-order chi connectivity index (χ0) is 20.1. The number of hydrogen-bond acceptors (Lipinski definition) is 6. The Kier molecular flexibility index (Phi) is 6.66. The van der Waals surface area contributed by atoms with E-state index in [9.17, 15) is 13.2 Å². The summed E-state index contributed by atoms with van der Waals surface area (Å²) in [5, 5.41) is 3.58. The van der Waals surface area contributed by atoms with Crippen LogP contribution in [0.25, 0.3) is 0 Å². The third-order valence-electron chi connectivity index (χ3n) is 4.34. The molecular formula is C20H21NO4S3. The van der Waals surface area contributed by atoms with Crippen LogP contribution in [-0.4, -0.2) is 31.8 Å². The van der Waals surface area contributed by atoms with E-state index in [0.29, 0.717) is 6.42 Å². The van der Waals surface area contributed by atoms with E-state index < -0.39 is 16.0 Å². The minimum atomic E-state index is -3.90. The van der Waals surface area contributed by atoms with Gasteiger partial charge in [0.15, 0.2) is 0 Å². The number of rotatable bonds is 8. The molecule has 5 nitrogen and oxygen atoms in total. The highest BCUT2D eigenvalue weighted by atomic mass is 32.2. The molecule has 2 aromatic heterocycles. The fourth-order valence-corrected chi connectivity index (χ4v) is 6.69. The second-order valence-electron chi connectivity index (χ2n) is 6.27. The molecule has 1 atom stereocenters. The lowest BCUT2D eigenvalue weighted by molar-refractivity contribution is 0.0602. The SMILES string of the molecule is COC(=O)c1sccc1S(=O)(=O)N(Cc1ccccc1)[C@H](C)Cc1cccs1. The Morgan fingerprint density at radius 2 is 1.82 bits per heavy atom. The van der Waals surface area contributed by atoms with Crippen molar-refractivity contribution >= 4 is 38.7 Å². The maximum Gasteiger partial charge on any atom is 0.349 e. The van der Waals surface area contributed by atoms with Gasteiger partial charge in [-0.3, -0.25) is 0 Å². The number of thiophene rings is 2. The first kappa shape index (κ1) is 20.7. The zero-order valence-electron chi connectivity index (χ0n) is 15.6. The summed E-state index contributed by atoms with van der Waals surface area (Å²) in [4.78, 5) is 13.3. The van der Waals surface area contributed by atoms with E-state index in [1.165, 1.54) is 17.5 Å². The normalized spacial score (nSPS) is 12.8. The number of methoxy groups -OCH3 is 1. The molecule has 148 valence electrons. The number of nitrogens with zero attached hydrogens (tertiary/aromatic N) is 1. The van der Waals surface area contributed by atoms with Crippen LogP contribution < -0.4 is 0 Å². The molecule has 3 rings (SSSR count). The molecule has 1 aromatic carbocycles. The van der Waals surface area contributed by atoms with Crippen LogP contribution in [0.4, 0.5) is 0 Å². The van der Waals surface area contributed by atoms with Gasteiger partial charge in [-0.25, -0.2) is 13.2 Å². The Bertz CT molecular complexity index is 1010. The number of carbonyl (C=O) groups is 1. The highest BCUT2D eigenvalue weighted by Crippen LogP contribution is 2.29. The first-order valence-electron chi connectivity index (χ1n) is 8.67. The lowest BCUT2D eigenvalue weighted by Gasteiger charge is -2.28. The molecule has 0 amide bonds. The molecule has 28 heavy (non-hydrogen) atoms. The Labute approximate surface area is 173 Å². The van der Waals surface area contributed by atoms with Gasteiger partial charge in [0.1, 0.15) is 9.77 Å². The van der Waals surface area contributed by atoms with Gasteiger partial charge < -0.3 is 4.74 Å². The van der Waals surface area contributed by atoms with Gasteiger partial charge >= 0.3 is 5.97 Å². The molecule has 0 aliphatic carbocycles. The number of sulfonamides is 1. The van der Waals surface area contributed by atoms with Crippen molar-refractivity contribution in [1.29, 1.82) is 0 Å². The van der Waals surface area contributed by atoms with Crippen LogP contribution in [-0.2, 0) is 27.7 Å². The molecule has 0 radical (unpaired) electrons. The summed E-state index contributed by atoms with van der Waals surface area (Å²) < 4.78 is 33.3. The lowest BCUT2D eigenvalue weighted by atomic mass is 10.1. The molecule has 8 heteroatoms. The highest BCUT2D eigenvalue weighted by Gasteiger charge is 2.34. The third kappa shape index (κ3) is 4.52. The van der Waals surface area contributed by atoms with Gasteiger partial charge in [-0.1, -0.05) is 36.4 Å². The zero-order valence-corrected chi connectivity index (χ0v) is 18.0. The third-order valence-corrected chi connectivity index (χ3v) is 8.26. The molecule has 0 unspecified atom stereocenters. The molecule has 0 bridgehead atoms. The predicted octanol–water partition coefficient (Wildman–Crippen LogP) is 4.42. The fraction of sp³-hybridized carbons (Fsp3) is 0.250. The van der Waals surface area contributed by atoms with E-state index in [1.54, 1.807) is 16.7 Å². The van der Waals surface area contributed by atoms with Crippen LogP contribution in [0, 0.1) is 0 Å². The van der Waals surface area contributed by atoms with E-state index in [-0.39, 0.29) is 22.4 Å². The number of carbonyl (C=O) groups excluding carboxylic acids is 1. The number of hydrogen-bond donors (Lipinski definition) is 0. The molecule has 0 saturated heterocycles. The summed E-state index contributed by atoms with van der Waals surface area (Å²) in [5.74, 6) is -0.640. The number of benzene rings is 1. The Hall–Kier alpha value is -2.00. The summed E-state index contributed by atoms with van der Waals surface area (Å²) in [7, 11) is -2.65. The average molecular weight is 436 g/mol. The van der Waals surface area contributed by atoms with Crippen molar-refractivity contribution in [2.24, 2.45) is 0 Å². The monoisotopic (exact) mass is 435 g/mol. The molecule has 0 fully saturated rings. The molecule has 0 N–H and O–H groups in total. The Morgan fingerprint density at radius 1 is 1.07 bits per heavy atom. The second-order valence-corrected chi connectivity index (χ2v) is 10.1. The summed E-state index contributed by atoms with van der Waals surface area (Å²) in [6.07, 6.45) is 0.599. The van der Waals surface area contributed by atoms with Gasteiger partial charge in [-0.15, -0.1) is 22.7 Å². The van der Waals surface area contributed by atoms with Crippen LogP contribution in [0.5, 0.6) is 0 Å². The van der Waals surface area contributed by atoms with Crippen molar-refractivity contribution in [2.75, 3.05) is 7.11 Å². The summed E-state index contributed by atoms with van der Waals surface area (Å²) in [6.45, 7) is 2.12. The molecule has 3 aromatic rings. The van der Waals surface area contributed by atoms with E-state index in [2.05, 4.69) is 0 Å². The van der Waals surface area contributed by atoms with E-state index >= 15 is 0 Å². The topological polar surface area (TPSA) is 63.7 Å². The van der Waals surface area contributed by atoms with E-state index in [4.69, 9.17) is 4.74 Å². The van der Waals surface area contributed by atoms with Crippen molar-refractivity contribution in [3.8, 4) is 0 Å². The molecule has 0 aliphatic heterocycles. The van der Waals surface area contributed by atoms with Crippen LogP contribution in [0.1, 0.15) is 27.0 Å². The Morgan fingerprint density at radius 3 is 2.46 bits per heavy atom.